The highest BCUT2D eigenvalue weighted by Crippen LogP contribution is 2.53. The SMILES string of the molecule is CC(=CCO)CC12CCCC1O2. The van der Waals surface area contributed by atoms with Crippen molar-refractivity contribution >= 4 is 0 Å². The van der Waals surface area contributed by atoms with Gasteiger partial charge in [0.05, 0.1) is 18.3 Å². The van der Waals surface area contributed by atoms with Gasteiger partial charge in [0.2, 0.25) is 0 Å². The summed E-state index contributed by atoms with van der Waals surface area (Å²) >= 11 is 0. The summed E-state index contributed by atoms with van der Waals surface area (Å²) < 4.78 is 5.63. The second-order valence-electron chi connectivity index (χ2n) is 3.97. The molecule has 1 heterocycles. The van der Waals surface area contributed by atoms with Crippen molar-refractivity contribution in [2.45, 2.75) is 44.3 Å². The fourth-order valence-electron chi connectivity index (χ4n) is 2.32. The lowest BCUT2D eigenvalue weighted by atomic mass is 9.98. The number of hydrogen-bond acceptors (Lipinski definition) is 2. The predicted octanol–water partition coefficient (Wildman–Crippen LogP) is 1.64. The molecule has 1 saturated carbocycles. The van der Waals surface area contributed by atoms with E-state index in [1.807, 2.05) is 6.08 Å². The van der Waals surface area contributed by atoms with E-state index < -0.39 is 0 Å². The van der Waals surface area contributed by atoms with E-state index in [0.29, 0.717) is 6.10 Å². The summed E-state index contributed by atoms with van der Waals surface area (Å²) in [5.74, 6) is 0. The average Bonchev–Trinajstić information content (AvgIpc) is 2.53. The van der Waals surface area contributed by atoms with Gasteiger partial charge in [0.25, 0.3) is 0 Å². The zero-order valence-electron chi connectivity index (χ0n) is 7.55. The lowest BCUT2D eigenvalue weighted by Crippen LogP contribution is -2.09. The van der Waals surface area contributed by atoms with E-state index in [4.69, 9.17) is 9.84 Å². The standard InChI is InChI=1S/C10H16O2/c1-8(4-6-11)7-10-5-2-3-9(10)12-10/h4,9,11H,2-3,5-7H2,1H3. The van der Waals surface area contributed by atoms with Crippen LogP contribution in [0.25, 0.3) is 0 Å². The average molecular weight is 168 g/mol. The van der Waals surface area contributed by atoms with Gasteiger partial charge in [-0.05, 0) is 32.6 Å². The van der Waals surface area contributed by atoms with Crippen LogP contribution in [0.4, 0.5) is 0 Å². The van der Waals surface area contributed by atoms with E-state index in [0.717, 1.165) is 6.42 Å². The largest absolute Gasteiger partial charge is 0.392 e. The van der Waals surface area contributed by atoms with Crippen molar-refractivity contribution in [2.24, 2.45) is 0 Å². The van der Waals surface area contributed by atoms with Crippen LogP contribution in [0.3, 0.4) is 0 Å². The van der Waals surface area contributed by atoms with Gasteiger partial charge in [-0.15, -0.1) is 0 Å². The van der Waals surface area contributed by atoms with Gasteiger partial charge in [0, 0.05) is 0 Å². The minimum atomic E-state index is 0.159. The van der Waals surface area contributed by atoms with Gasteiger partial charge < -0.3 is 9.84 Å². The summed E-state index contributed by atoms with van der Waals surface area (Å²) in [5.41, 5.74) is 1.47. The maximum Gasteiger partial charge on any atom is 0.0985 e. The highest BCUT2D eigenvalue weighted by molar-refractivity contribution is 5.15. The molecule has 1 N–H and O–H groups in total. The Labute approximate surface area is 73.2 Å². The molecule has 2 atom stereocenters. The summed E-state index contributed by atoms with van der Waals surface area (Å²) in [5, 5.41) is 8.69. The molecule has 2 nitrogen and oxygen atoms in total. The Balaban J connectivity index is 1.91. The van der Waals surface area contributed by atoms with Crippen LogP contribution in [0.15, 0.2) is 11.6 Å². The molecule has 2 unspecified atom stereocenters. The predicted molar refractivity (Wildman–Crippen MR) is 46.9 cm³/mol. The monoisotopic (exact) mass is 168 g/mol. The number of aliphatic hydroxyl groups is 1. The van der Waals surface area contributed by atoms with E-state index >= 15 is 0 Å². The fourth-order valence-corrected chi connectivity index (χ4v) is 2.32. The number of epoxide rings is 1. The summed E-state index contributed by atoms with van der Waals surface area (Å²) in [7, 11) is 0. The molecule has 0 amide bonds. The Morgan fingerprint density at radius 3 is 3.08 bits per heavy atom. The van der Waals surface area contributed by atoms with Gasteiger partial charge in [0.1, 0.15) is 0 Å². The Kier molecular flexibility index (Phi) is 1.97. The second-order valence-corrected chi connectivity index (χ2v) is 3.97. The molecule has 0 aromatic rings. The summed E-state index contributed by atoms with van der Waals surface area (Å²) in [6.07, 6.45) is 7.22. The molecule has 1 aliphatic carbocycles. The van der Waals surface area contributed by atoms with Crippen LogP contribution in [-0.4, -0.2) is 23.4 Å². The molecule has 2 heteroatoms. The van der Waals surface area contributed by atoms with E-state index in [-0.39, 0.29) is 12.2 Å². The Hall–Kier alpha value is -0.340. The maximum absolute atomic E-state index is 8.69. The number of hydrogen-bond donors (Lipinski definition) is 1. The topological polar surface area (TPSA) is 32.8 Å². The molecular weight excluding hydrogens is 152 g/mol. The number of fused-ring (bicyclic) bond motifs is 1. The first-order valence-electron chi connectivity index (χ1n) is 4.71. The first-order chi connectivity index (χ1) is 5.77. The fraction of sp³-hybridized carbons (Fsp3) is 0.800. The zero-order chi connectivity index (χ0) is 8.60. The van der Waals surface area contributed by atoms with Crippen molar-refractivity contribution in [3.8, 4) is 0 Å². The zero-order valence-corrected chi connectivity index (χ0v) is 7.55. The van der Waals surface area contributed by atoms with Crippen molar-refractivity contribution in [2.75, 3.05) is 6.61 Å². The third-order valence-corrected chi connectivity index (χ3v) is 2.99. The lowest BCUT2D eigenvalue weighted by Gasteiger charge is -2.07. The molecule has 0 spiro atoms. The highest BCUT2D eigenvalue weighted by atomic mass is 16.6. The number of ether oxygens (including phenoxy) is 1. The molecule has 2 rings (SSSR count). The van der Waals surface area contributed by atoms with Gasteiger partial charge >= 0.3 is 0 Å². The van der Waals surface area contributed by atoms with Crippen LogP contribution in [-0.2, 0) is 4.74 Å². The molecule has 0 aromatic heterocycles. The number of rotatable bonds is 3. The second kappa shape index (κ2) is 2.86. The summed E-state index contributed by atoms with van der Waals surface area (Å²) in [6, 6.07) is 0. The molecule has 0 aromatic carbocycles. The van der Waals surface area contributed by atoms with Crippen molar-refractivity contribution in [1.29, 1.82) is 0 Å². The van der Waals surface area contributed by atoms with E-state index in [1.54, 1.807) is 0 Å². The molecule has 2 fully saturated rings. The molecule has 0 radical (unpaired) electrons. The quantitative estimate of drug-likeness (QED) is 0.513. The molecule has 2 aliphatic rings. The van der Waals surface area contributed by atoms with Gasteiger partial charge in [-0.25, -0.2) is 0 Å². The van der Waals surface area contributed by atoms with Crippen molar-refractivity contribution < 1.29 is 9.84 Å². The minimum absolute atomic E-state index is 0.159. The van der Waals surface area contributed by atoms with Crippen molar-refractivity contribution in [1.82, 2.24) is 0 Å². The molecule has 12 heavy (non-hydrogen) atoms. The minimum Gasteiger partial charge on any atom is -0.392 e. The van der Waals surface area contributed by atoms with Gasteiger partial charge in [-0.3, -0.25) is 0 Å². The van der Waals surface area contributed by atoms with E-state index in [9.17, 15) is 0 Å². The summed E-state index contributed by atoms with van der Waals surface area (Å²) in [4.78, 5) is 0. The van der Waals surface area contributed by atoms with Crippen LogP contribution in [0.1, 0.15) is 32.6 Å². The Morgan fingerprint density at radius 2 is 2.58 bits per heavy atom. The smallest absolute Gasteiger partial charge is 0.0985 e. The van der Waals surface area contributed by atoms with Gasteiger partial charge in [0.15, 0.2) is 0 Å². The molecule has 1 saturated heterocycles. The van der Waals surface area contributed by atoms with Crippen LogP contribution >= 0.6 is 0 Å². The third-order valence-electron chi connectivity index (χ3n) is 2.99. The Bertz CT molecular complexity index is 210. The molecular formula is C10H16O2. The van der Waals surface area contributed by atoms with Crippen LogP contribution in [0, 0.1) is 0 Å². The van der Waals surface area contributed by atoms with Crippen molar-refractivity contribution in [3.05, 3.63) is 11.6 Å². The van der Waals surface area contributed by atoms with Gasteiger partial charge in [-0.1, -0.05) is 11.6 Å². The summed E-state index contributed by atoms with van der Waals surface area (Å²) in [6.45, 7) is 2.23. The highest BCUT2D eigenvalue weighted by Gasteiger charge is 2.58. The molecule has 68 valence electrons. The van der Waals surface area contributed by atoms with Crippen LogP contribution in [0.5, 0.6) is 0 Å². The van der Waals surface area contributed by atoms with Crippen molar-refractivity contribution in [3.63, 3.8) is 0 Å². The van der Waals surface area contributed by atoms with Gasteiger partial charge in [-0.2, -0.15) is 0 Å². The third kappa shape index (κ3) is 1.29. The van der Waals surface area contributed by atoms with Crippen LogP contribution < -0.4 is 0 Å². The van der Waals surface area contributed by atoms with E-state index in [2.05, 4.69) is 6.92 Å². The Morgan fingerprint density at radius 1 is 1.75 bits per heavy atom. The van der Waals surface area contributed by atoms with E-state index in [1.165, 1.54) is 24.8 Å². The lowest BCUT2D eigenvalue weighted by molar-refractivity contribution is 0.249. The van der Waals surface area contributed by atoms with Crippen LogP contribution in [0.2, 0.25) is 0 Å². The first-order valence-corrected chi connectivity index (χ1v) is 4.71. The molecule has 1 aliphatic heterocycles. The number of aliphatic hydroxyl groups excluding tert-OH is 1. The maximum atomic E-state index is 8.69. The molecule has 0 bridgehead atoms. The first kappa shape index (κ1) is 8.27. The normalized spacial score (nSPS) is 39.8.